The average molecular weight is 415 g/mol. The number of nitrogens with zero attached hydrogens (tertiary/aromatic N) is 1. The van der Waals surface area contributed by atoms with Crippen LogP contribution in [0.3, 0.4) is 0 Å². The summed E-state index contributed by atoms with van der Waals surface area (Å²) in [6, 6.07) is 11.4. The predicted octanol–water partition coefficient (Wildman–Crippen LogP) is 4.67. The number of ether oxygens (including phenoxy) is 1. The predicted molar refractivity (Wildman–Crippen MR) is 109 cm³/mol. The van der Waals surface area contributed by atoms with Gasteiger partial charge in [0, 0.05) is 29.1 Å². The lowest BCUT2D eigenvalue weighted by molar-refractivity contribution is 0.0854. The second-order valence-corrected chi connectivity index (χ2v) is 7.42. The molecule has 1 aliphatic rings. The normalized spacial score (nSPS) is 17.1. The van der Waals surface area contributed by atoms with E-state index < -0.39 is 0 Å². The summed E-state index contributed by atoms with van der Waals surface area (Å²) in [5, 5.41) is 4.09. The summed E-state index contributed by atoms with van der Waals surface area (Å²) in [4.78, 5) is 17.3. The average Bonchev–Trinajstić information content (AvgIpc) is 3.23. The lowest BCUT2D eigenvalue weighted by Gasteiger charge is -2.11. The zero-order valence-electron chi connectivity index (χ0n) is 15.9. The van der Waals surface area contributed by atoms with Gasteiger partial charge in [-0.05, 0) is 56.2 Å². The Morgan fingerprint density at radius 3 is 2.97 bits per heavy atom. The highest BCUT2D eigenvalue weighted by molar-refractivity contribution is 6.31. The summed E-state index contributed by atoms with van der Waals surface area (Å²) in [5.41, 5.74) is 1.66. The highest BCUT2D eigenvalue weighted by atomic mass is 35.5. The fourth-order valence-electron chi connectivity index (χ4n) is 3.28. The number of amides is 1. The Kier molecular flexibility index (Phi) is 5.65. The minimum Gasteiger partial charge on any atom is -0.438 e. The number of hydrogen-bond acceptors (Lipinski definition) is 4. The number of halogens is 2. The molecule has 7 heteroatoms. The van der Waals surface area contributed by atoms with Crippen molar-refractivity contribution in [2.24, 2.45) is 4.99 Å². The molecule has 0 aliphatic carbocycles. The minimum absolute atomic E-state index is 0.0108. The maximum Gasteiger partial charge on any atom is 0.256 e. The van der Waals surface area contributed by atoms with Crippen molar-refractivity contribution in [3.05, 3.63) is 70.0 Å². The molecule has 0 radical (unpaired) electrons. The number of nitrogens with one attached hydrogen (secondary N) is 1. The fraction of sp³-hybridized carbons (Fsp3) is 0.273. The van der Waals surface area contributed by atoms with Gasteiger partial charge in [0.25, 0.3) is 5.91 Å². The molecule has 0 saturated carbocycles. The van der Waals surface area contributed by atoms with Crippen molar-refractivity contribution in [1.82, 2.24) is 5.32 Å². The van der Waals surface area contributed by atoms with E-state index in [4.69, 9.17) is 20.8 Å². The van der Waals surface area contributed by atoms with Crippen molar-refractivity contribution in [2.45, 2.75) is 25.9 Å². The third kappa shape index (κ3) is 4.33. The van der Waals surface area contributed by atoms with Crippen molar-refractivity contribution in [2.75, 3.05) is 13.2 Å². The third-order valence-electron chi connectivity index (χ3n) is 4.93. The van der Waals surface area contributed by atoms with Crippen LogP contribution in [0.2, 0.25) is 5.02 Å². The molecule has 1 saturated heterocycles. The third-order valence-corrected chi connectivity index (χ3v) is 5.16. The molecule has 1 atom stereocenters. The zero-order chi connectivity index (χ0) is 20.4. The molecule has 0 unspecified atom stereocenters. The monoisotopic (exact) mass is 414 g/mol. The Morgan fingerprint density at radius 1 is 1.31 bits per heavy atom. The van der Waals surface area contributed by atoms with E-state index >= 15 is 0 Å². The molecule has 3 aromatic rings. The van der Waals surface area contributed by atoms with Crippen LogP contribution in [0.1, 0.15) is 28.8 Å². The Balaban J connectivity index is 1.79. The van der Waals surface area contributed by atoms with Crippen molar-refractivity contribution in [3.63, 3.8) is 0 Å². The first-order chi connectivity index (χ1) is 14.0. The van der Waals surface area contributed by atoms with Gasteiger partial charge in [0.15, 0.2) is 0 Å². The van der Waals surface area contributed by atoms with Crippen molar-refractivity contribution >= 4 is 34.2 Å². The minimum atomic E-state index is -0.372. The van der Waals surface area contributed by atoms with E-state index in [1.807, 2.05) is 0 Å². The summed E-state index contributed by atoms with van der Waals surface area (Å²) in [6.45, 7) is 2.75. The number of benzene rings is 2. The Morgan fingerprint density at radius 2 is 2.17 bits per heavy atom. The largest absolute Gasteiger partial charge is 0.438 e. The van der Waals surface area contributed by atoms with Gasteiger partial charge in [0.05, 0.1) is 11.8 Å². The molecule has 1 fully saturated rings. The van der Waals surface area contributed by atoms with E-state index in [0.717, 1.165) is 12.8 Å². The Hall–Kier alpha value is -2.70. The smallest absolute Gasteiger partial charge is 0.256 e. The van der Waals surface area contributed by atoms with Gasteiger partial charge < -0.3 is 14.5 Å². The van der Waals surface area contributed by atoms with E-state index in [1.54, 1.807) is 43.3 Å². The molecule has 1 aliphatic heterocycles. The second-order valence-electron chi connectivity index (χ2n) is 6.99. The molecule has 4 rings (SSSR count). The standard InChI is InChI=1S/C22H20ClFN2O3/c1-13-18(24)5-2-6-19(13)26-22-17(21(27)25-12-16-4-3-9-28-16)11-14-10-15(23)7-8-20(14)29-22/h2,5-8,10-11,16H,3-4,9,12H2,1H3,(H,25,27)/t16-/m0/s1. The maximum absolute atomic E-state index is 13.9. The summed E-state index contributed by atoms with van der Waals surface area (Å²) < 4.78 is 25.4. The summed E-state index contributed by atoms with van der Waals surface area (Å²) in [6.07, 6.45) is 1.92. The van der Waals surface area contributed by atoms with Gasteiger partial charge in [-0.15, -0.1) is 0 Å². The molecule has 0 bridgehead atoms. The highest BCUT2D eigenvalue weighted by Gasteiger charge is 2.19. The molecular weight excluding hydrogens is 395 g/mol. The maximum atomic E-state index is 13.9. The molecule has 150 valence electrons. The number of carbonyl (C=O) groups excluding carboxylic acids is 1. The second kappa shape index (κ2) is 8.35. The van der Waals surface area contributed by atoms with E-state index in [-0.39, 0.29) is 28.9 Å². The Labute approximate surface area is 172 Å². The van der Waals surface area contributed by atoms with Crippen LogP contribution in [0.4, 0.5) is 10.1 Å². The molecule has 2 aromatic carbocycles. The van der Waals surface area contributed by atoms with Crippen molar-refractivity contribution < 1.29 is 18.3 Å². The molecule has 0 spiro atoms. The quantitative estimate of drug-likeness (QED) is 0.674. The van der Waals surface area contributed by atoms with Crippen LogP contribution in [0, 0.1) is 12.7 Å². The Bertz CT molecular complexity index is 1140. The first-order valence-electron chi connectivity index (χ1n) is 9.44. The van der Waals surface area contributed by atoms with Gasteiger partial charge in [-0.25, -0.2) is 9.38 Å². The summed E-state index contributed by atoms with van der Waals surface area (Å²) in [5.74, 6) is -0.706. The van der Waals surface area contributed by atoms with Gasteiger partial charge in [-0.2, -0.15) is 0 Å². The summed E-state index contributed by atoms with van der Waals surface area (Å²) in [7, 11) is 0. The van der Waals surface area contributed by atoms with E-state index in [0.29, 0.717) is 40.4 Å². The SMILES string of the molecule is Cc1c(F)cccc1N=c1oc2ccc(Cl)cc2cc1C(=O)NC[C@@H]1CCCO1. The van der Waals surface area contributed by atoms with Crippen LogP contribution in [0.15, 0.2) is 51.9 Å². The molecule has 1 N–H and O–H groups in total. The summed E-state index contributed by atoms with van der Waals surface area (Å²) >= 11 is 6.08. The van der Waals surface area contributed by atoms with Crippen LogP contribution >= 0.6 is 11.6 Å². The lowest BCUT2D eigenvalue weighted by atomic mass is 10.1. The lowest BCUT2D eigenvalue weighted by Crippen LogP contribution is -2.34. The highest BCUT2D eigenvalue weighted by Crippen LogP contribution is 2.22. The van der Waals surface area contributed by atoms with E-state index in [2.05, 4.69) is 10.3 Å². The van der Waals surface area contributed by atoms with Crippen LogP contribution in [0.5, 0.6) is 0 Å². The molecule has 29 heavy (non-hydrogen) atoms. The molecular formula is C22H20ClFN2O3. The van der Waals surface area contributed by atoms with Gasteiger partial charge in [-0.1, -0.05) is 17.7 Å². The topological polar surface area (TPSA) is 63.8 Å². The van der Waals surface area contributed by atoms with Crippen LogP contribution in [-0.2, 0) is 4.74 Å². The number of rotatable bonds is 4. The zero-order valence-corrected chi connectivity index (χ0v) is 16.6. The molecule has 1 amide bonds. The van der Waals surface area contributed by atoms with Crippen LogP contribution in [0.25, 0.3) is 11.0 Å². The number of carbonyl (C=O) groups is 1. The van der Waals surface area contributed by atoms with Gasteiger partial charge >= 0.3 is 0 Å². The first kappa shape index (κ1) is 19.6. The molecule has 1 aromatic heterocycles. The molecule has 5 nitrogen and oxygen atoms in total. The van der Waals surface area contributed by atoms with Gasteiger partial charge in [0.1, 0.15) is 17.0 Å². The first-order valence-corrected chi connectivity index (χ1v) is 9.82. The van der Waals surface area contributed by atoms with E-state index in [9.17, 15) is 9.18 Å². The van der Waals surface area contributed by atoms with Gasteiger partial charge in [-0.3, -0.25) is 4.79 Å². The molecule has 2 heterocycles. The van der Waals surface area contributed by atoms with E-state index in [1.165, 1.54) is 6.07 Å². The number of hydrogen-bond donors (Lipinski definition) is 1. The van der Waals surface area contributed by atoms with Crippen LogP contribution in [-0.4, -0.2) is 25.2 Å². The van der Waals surface area contributed by atoms with Crippen molar-refractivity contribution in [1.29, 1.82) is 0 Å². The van der Waals surface area contributed by atoms with Crippen LogP contribution < -0.4 is 10.9 Å². The van der Waals surface area contributed by atoms with Gasteiger partial charge in [0.2, 0.25) is 5.55 Å². The number of fused-ring (bicyclic) bond motifs is 1. The fourth-order valence-corrected chi connectivity index (χ4v) is 3.46. The van der Waals surface area contributed by atoms with Crippen molar-refractivity contribution in [3.8, 4) is 0 Å².